The number of aliphatic hydroxyl groups is 1. The van der Waals surface area contributed by atoms with Crippen molar-refractivity contribution in [2.75, 3.05) is 6.61 Å². The second-order valence-corrected chi connectivity index (χ2v) is 4.23. The lowest BCUT2D eigenvalue weighted by molar-refractivity contribution is -0.147. The first kappa shape index (κ1) is 16.6. The van der Waals surface area contributed by atoms with Crippen molar-refractivity contribution in [1.29, 1.82) is 0 Å². The number of esters is 1. The topological polar surface area (TPSA) is 121 Å². The lowest BCUT2D eigenvalue weighted by Crippen LogP contribution is -2.17. The third kappa shape index (κ3) is 4.28. The van der Waals surface area contributed by atoms with Crippen molar-refractivity contribution in [2.24, 2.45) is 0 Å². The molecule has 1 aromatic carbocycles. The van der Waals surface area contributed by atoms with Gasteiger partial charge in [-0.2, -0.15) is 0 Å². The summed E-state index contributed by atoms with van der Waals surface area (Å²) in [6.07, 6.45) is -2.21. The number of hydrogen-bond donors (Lipinski definition) is 3. The number of ether oxygens (including phenoxy) is 1. The summed E-state index contributed by atoms with van der Waals surface area (Å²) < 4.78 is 4.86. The Hall–Kier alpha value is -2.41. The molecule has 1 atom stereocenters. The van der Waals surface area contributed by atoms with Crippen molar-refractivity contribution in [3.05, 3.63) is 34.9 Å². The van der Waals surface area contributed by atoms with Crippen LogP contribution in [0.1, 0.15) is 40.9 Å². The average Bonchev–Trinajstić information content (AvgIpc) is 2.43. The van der Waals surface area contributed by atoms with E-state index in [2.05, 4.69) is 0 Å². The SMILES string of the molecule is CCOC(=O)c1cccc(C(O)C(=O)O)c1CCC(=O)O. The van der Waals surface area contributed by atoms with Crippen LogP contribution in [0.2, 0.25) is 0 Å². The monoisotopic (exact) mass is 296 g/mol. The first-order valence-corrected chi connectivity index (χ1v) is 6.30. The van der Waals surface area contributed by atoms with Crippen LogP contribution in [0.3, 0.4) is 0 Å². The zero-order valence-electron chi connectivity index (χ0n) is 11.4. The summed E-state index contributed by atoms with van der Waals surface area (Å²) in [5.41, 5.74) is 0.235. The lowest BCUT2D eigenvalue weighted by Gasteiger charge is -2.15. The predicted molar refractivity (Wildman–Crippen MR) is 71.0 cm³/mol. The van der Waals surface area contributed by atoms with Gasteiger partial charge in [-0.1, -0.05) is 12.1 Å². The van der Waals surface area contributed by atoms with Gasteiger partial charge in [0.05, 0.1) is 12.2 Å². The van der Waals surface area contributed by atoms with Crippen LogP contribution in [0.4, 0.5) is 0 Å². The fraction of sp³-hybridized carbons (Fsp3) is 0.357. The highest BCUT2D eigenvalue weighted by Gasteiger charge is 2.24. The van der Waals surface area contributed by atoms with Crippen LogP contribution in [0.15, 0.2) is 18.2 Å². The number of benzene rings is 1. The summed E-state index contributed by atoms with van der Waals surface area (Å²) in [4.78, 5) is 33.5. The molecular weight excluding hydrogens is 280 g/mol. The zero-order chi connectivity index (χ0) is 16.0. The quantitative estimate of drug-likeness (QED) is 0.642. The smallest absolute Gasteiger partial charge is 0.338 e. The maximum Gasteiger partial charge on any atom is 0.338 e. The van der Waals surface area contributed by atoms with Gasteiger partial charge in [0, 0.05) is 6.42 Å². The second kappa shape index (κ2) is 7.39. The standard InChI is InChI=1S/C14H16O7/c1-2-21-14(20)10-5-3-4-9(12(17)13(18)19)8(10)6-7-11(15)16/h3-5,12,17H,2,6-7H2,1H3,(H,15,16)(H,18,19). The van der Waals surface area contributed by atoms with Gasteiger partial charge in [0.15, 0.2) is 6.10 Å². The molecule has 0 aromatic heterocycles. The third-order valence-corrected chi connectivity index (χ3v) is 2.82. The molecule has 1 aromatic rings. The average molecular weight is 296 g/mol. The molecule has 114 valence electrons. The highest BCUT2D eigenvalue weighted by atomic mass is 16.5. The van der Waals surface area contributed by atoms with E-state index in [1.807, 2.05) is 0 Å². The molecule has 0 spiro atoms. The van der Waals surface area contributed by atoms with Crippen molar-refractivity contribution in [1.82, 2.24) is 0 Å². The molecule has 0 bridgehead atoms. The molecule has 0 fully saturated rings. The number of aliphatic carboxylic acids is 2. The Kier molecular flexibility index (Phi) is 5.86. The Bertz CT molecular complexity index is 550. The molecule has 21 heavy (non-hydrogen) atoms. The molecule has 1 unspecified atom stereocenters. The van der Waals surface area contributed by atoms with Gasteiger partial charge in [-0.15, -0.1) is 0 Å². The molecule has 0 saturated heterocycles. The van der Waals surface area contributed by atoms with Crippen molar-refractivity contribution >= 4 is 17.9 Å². The van der Waals surface area contributed by atoms with E-state index in [9.17, 15) is 19.5 Å². The van der Waals surface area contributed by atoms with E-state index < -0.39 is 24.0 Å². The second-order valence-electron chi connectivity index (χ2n) is 4.23. The summed E-state index contributed by atoms with van der Waals surface area (Å²) in [6, 6.07) is 4.17. The van der Waals surface area contributed by atoms with Crippen LogP contribution in [0.25, 0.3) is 0 Å². The number of hydrogen-bond acceptors (Lipinski definition) is 5. The predicted octanol–water partition coefficient (Wildman–Crippen LogP) is 0.998. The summed E-state index contributed by atoms with van der Waals surface area (Å²) in [7, 11) is 0. The number of carboxylic acid groups (broad SMARTS) is 2. The Morgan fingerprint density at radius 3 is 2.43 bits per heavy atom. The number of carboxylic acids is 2. The Morgan fingerprint density at radius 1 is 1.24 bits per heavy atom. The van der Waals surface area contributed by atoms with Gasteiger partial charge in [0.2, 0.25) is 0 Å². The summed E-state index contributed by atoms with van der Waals surface area (Å²) >= 11 is 0. The highest BCUT2D eigenvalue weighted by molar-refractivity contribution is 5.92. The van der Waals surface area contributed by atoms with Crippen LogP contribution in [-0.4, -0.2) is 39.8 Å². The molecule has 0 aliphatic carbocycles. The molecule has 0 saturated carbocycles. The van der Waals surface area contributed by atoms with Gasteiger partial charge < -0.3 is 20.1 Å². The molecule has 1 rings (SSSR count). The fourth-order valence-corrected chi connectivity index (χ4v) is 1.90. The van der Waals surface area contributed by atoms with Crippen LogP contribution in [-0.2, 0) is 20.7 Å². The molecular formula is C14H16O7. The minimum absolute atomic E-state index is 0.00527. The van der Waals surface area contributed by atoms with Crippen molar-refractivity contribution in [3.63, 3.8) is 0 Å². The number of carbonyl (C=O) groups is 3. The van der Waals surface area contributed by atoms with Crippen LogP contribution < -0.4 is 0 Å². The van der Waals surface area contributed by atoms with Gasteiger partial charge in [0.1, 0.15) is 0 Å². The minimum Gasteiger partial charge on any atom is -0.481 e. The lowest BCUT2D eigenvalue weighted by atomic mass is 9.93. The zero-order valence-corrected chi connectivity index (χ0v) is 11.4. The van der Waals surface area contributed by atoms with Crippen molar-refractivity contribution < 1.29 is 34.4 Å². The van der Waals surface area contributed by atoms with Crippen molar-refractivity contribution in [3.8, 4) is 0 Å². The van der Waals surface area contributed by atoms with Crippen molar-refractivity contribution in [2.45, 2.75) is 25.9 Å². The van der Waals surface area contributed by atoms with E-state index in [4.69, 9.17) is 14.9 Å². The molecule has 0 radical (unpaired) electrons. The maximum atomic E-state index is 11.9. The molecule has 7 heteroatoms. The minimum atomic E-state index is -1.83. The Morgan fingerprint density at radius 2 is 1.90 bits per heavy atom. The Labute approximate surface area is 120 Å². The van der Waals surface area contributed by atoms with Crippen LogP contribution in [0.5, 0.6) is 0 Å². The molecule has 0 amide bonds. The molecule has 7 nitrogen and oxygen atoms in total. The molecule has 0 aliphatic heterocycles. The summed E-state index contributed by atoms with van der Waals surface area (Å²) in [6.45, 7) is 1.74. The van der Waals surface area contributed by atoms with E-state index in [1.54, 1.807) is 6.92 Å². The van der Waals surface area contributed by atoms with Gasteiger partial charge in [0.25, 0.3) is 0 Å². The number of rotatable bonds is 7. The fourth-order valence-electron chi connectivity index (χ4n) is 1.90. The van der Waals surface area contributed by atoms with E-state index in [0.717, 1.165) is 0 Å². The van der Waals surface area contributed by atoms with Gasteiger partial charge >= 0.3 is 17.9 Å². The number of aliphatic hydroxyl groups excluding tert-OH is 1. The first-order chi connectivity index (χ1) is 9.88. The number of carbonyl (C=O) groups excluding carboxylic acids is 1. The normalized spacial score (nSPS) is 11.7. The highest BCUT2D eigenvalue weighted by Crippen LogP contribution is 2.24. The summed E-state index contributed by atoms with van der Waals surface area (Å²) in [5, 5.41) is 27.3. The Balaban J connectivity index is 3.29. The largest absolute Gasteiger partial charge is 0.481 e. The van der Waals surface area contributed by atoms with E-state index in [1.165, 1.54) is 18.2 Å². The van der Waals surface area contributed by atoms with Gasteiger partial charge in [-0.05, 0) is 30.5 Å². The van der Waals surface area contributed by atoms with Crippen LogP contribution >= 0.6 is 0 Å². The van der Waals surface area contributed by atoms with Crippen LogP contribution in [0, 0.1) is 0 Å². The van der Waals surface area contributed by atoms with Gasteiger partial charge in [-0.3, -0.25) is 4.79 Å². The molecule has 3 N–H and O–H groups in total. The first-order valence-electron chi connectivity index (χ1n) is 6.30. The van der Waals surface area contributed by atoms with Gasteiger partial charge in [-0.25, -0.2) is 9.59 Å². The molecule has 0 aliphatic rings. The van der Waals surface area contributed by atoms with E-state index in [0.29, 0.717) is 0 Å². The summed E-state index contributed by atoms with van der Waals surface area (Å²) in [5.74, 6) is -3.26. The molecule has 0 heterocycles. The van der Waals surface area contributed by atoms with E-state index >= 15 is 0 Å². The maximum absolute atomic E-state index is 11.9. The third-order valence-electron chi connectivity index (χ3n) is 2.82. The van der Waals surface area contributed by atoms with E-state index in [-0.39, 0.29) is 36.1 Å².